The van der Waals surface area contributed by atoms with Crippen LogP contribution in [0.5, 0.6) is 0 Å². The molecule has 0 spiro atoms. The van der Waals surface area contributed by atoms with E-state index in [4.69, 9.17) is 23.2 Å². The predicted molar refractivity (Wildman–Crippen MR) is 107 cm³/mol. The lowest BCUT2D eigenvalue weighted by Gasteiger charge is -2.28. The van der Waals surface area contributed by atoms with Crippen molar-refractivity contribution in [3.8, 4) is 0 Å². The third kappa shape index (κ3) is 4.34. The number of fused-ring (bicyclic) bond motifs is 1. The zero-order valence-electron chi connectivity index (χ0n) is 14.2. The van der Waals surface area contributed by atoms with E-state index in [-0.39, 0.29) is 24.3 Å². The zero-order valence-corrected chi connectivity index (χ0v) is 16.5. The Morgan fingerprint density at radius 1 is 1.27 bits per heavy atom. The molecule has 1 aliphatic heterocycles. The summed E-state index contributed by atoms with van der Waals surface area (Å²) >= 11 is 13.6. The minimum atomic E-state index is -0.243. The van der Waals surface area contributed by atoms with Crippen molar-refractivity contribution in [1.29, 1.82) is 0 Å². The van der Waals surface area contributed by atoms with Gasteiger partial charge in [0.25, 0.3) is 0 Å². The highest BCUT2D eigenvalue weighted by Gasteiger charge is 2.25. The van der Waals surface area contributed by atoms with Crippen molar-refractivity contribution in [3.05, 3.63) is 58.1 Å². The van der Waals surface area contributed by atoms with Crippen molar-refractivity contribution in [2.45, 2.75) is 24.3 Å². The molecular formula is C19H18Cl2N2O2S. The molecule has 0 radical (unpaired) electrons. The fourth-order valence-corrected chi connectivity index (χ4v) is 4.36. The van der Waals surface area contributed by atoms with Crippen LogP contribution in [-0.2, 0) is 9.59 Å². The van der Waals surface area contributed by atoms with E-state index in [9.17, 15) is 9.59 Å². The monoisotopic (exact) mass is 408 g/mol. The van der Waals surface area contributed by atoms with Gasteiger partial charge in [0.05, 0.1) is 17.5 Å². The van der Waals surface area contributed by atoms with Crippen LogP contribution in [0.15, 0.2) is 47.4 Å². The van der Waals surface area contributed by atoms with Gasteiger partial charge in [0.2, 0.25) is 11.8 Å². The average molecular weight is 409 g/mol. The van der Waals surface area contributed by atoms with Gasteiger partial charge >= 0.3 is 0 Å². The van der Waals surface area contributed by atoms with Crippen molar-refractivity contribution >= 4 is 52.5 Å². The minimum Gasteiger partial charge on any atom is -0.349 e. The second kappa shape index (κ2) is 8.33. The number of hydrogen-bond acceptors (Lipinski definition) is 3. The summed E-state index contributed by atoms with van der Waals surface area (Å²) in [6.45, 7) is 2.22. The quantitative estimate of drug-likeness (QED) is 0.779. The van der Waals surface area contributed by atoms with E-state index in [0.29, 0.717) is 22.3 Å². The number of nitrogens with zero attached hydrogens (tertiary/aromatic N) is 1. The van der Waals surface area contributed by atoms with Crippen LogP contribution in [0.25, 0.3) is 0 Å². The Kier molecular flexibility index (Phi) is 6.12. The molecule has 136 valence electrons. The molecule has 0 unspecified atom stereocenters. The maximum Gasteiger partial charge on any atom is 0.237 e. The van der Waals surface area contributed by atoms with Crippen LogP contribution in [0.4, 0.5) is 5.69 Å². The molecule has 4 nitrogen and oxygen atoms in total. The molecule has 1 aliphatic rings. The van der Waals surface area contributed by atoms with Gasteiger partial charge in [-0.25, -0.2) is 0 Å². The van der Waals surface area contributed by atoms with Gasteiger partial charge in [0.15, 0.2) is 0 Å². The van der Waals surface area contributed by atoms with Gasteiger partial charge in [0, 0.05) is 27.9 Å². The molecular weight excluding hydrogens is 391 g/mol. The zero-order chi connectivity index (χ0) is 18.7. The lowest BCUT2D eigenvalue weighted by Crippen LogP contribution is -2.38. The number of thioether (sulfide) groups is 1. The molecule has 0 saturated carbocycles. The Morgan fingerprint density at radius 2 is 2.04 bits per heavy atom. The third-order valence-corrected chi connectivity index (χ3v) is 5.79. The number of carbonyl (C=O) groups is 2. The number of amides is 2. The van der Waals surface area contributed by atoms with Crippen molar-refractivity contribution in [3.63, 3.8) is 0 Å². The van der Waals surface area contributed by atoms with Crippen LogP contribution in [0.2, 0.25) is 10.0 Å². The molecule has 1 atom stereocenters. The second-order valence-corrected chi connectivity index (χ2v) is 7.87. The molecule has 0 saturated heterocycles. The van der Waals surface area contributed by atoms with Gasteiger partial charge < -0.3 is 10.2 Å². The Labute approximate surface area is 166 Å². The van der Waals surface area contributed by atoms with Gasteiger partial charge in [-0.05, 0) is 36.8 Å². The summed E-state index contributed by atoms with van der Waals surface area (Å²) in [5, 5.41) is 3.99. The Hall–Kier alpha value is -1.69. The fourth-order valence-electron chi connectivity index (χ4n) is 2.86. The molecule has 2 aromatic rings. The number of anilines is 1. The molecule has 7 heteroatoms. The van der Waals surface area contributed by atoms with Crippen LogP contribution in [0, 0.1) is 0 Å². The van der Waals surface area contributed by atoms with E-state index in [0.717, 1.165) is 16.1 Å². The van der Waals surface area contributed by atoms with Crippen LogP contribution in [0.1, 0.15) is 24.9 Å². The number of halogens is 2. The van der Waals surface area contributed by atoms with Crippen molar-refractivity contribution < 1.29 is 9.59 Å². The van der Waals surface area contributed by atoms with Crippen molar-refractivity contribution in [1.82, 2.24) is 5.32 Å². The predicted octanol–water partition coefficient (Wildman–Crippen LogP) is 4.70. The summed E-state index contributed by atoms with van der Waals surface area (Å²) in [6.07, 6.45) is 0.223. The first kappa shape index (κ1) is 19.1. The summed E-state index contributed by atoms with van der Waals surface area (Å²) in [4.78, 5) is 27.3. The van der Waals surface area contributed by atoms with Crippen LogP contribution >= 0.6 is 35.0 Å². The minimum absolute atomic E-state index is 0.0234. The normalized spacial score (nSPS) is 14.7. The van der Waals surface area contributed by atoms with Crippen LogP contribution < -0.4 is 10.2 Å². The largest absolute Gasteiger partial charge is 0.349 e. The molecule has 2 aromatic carbocycles. The molecule has 2 amide bonds. The Morgan fingerprint density at radius 3 is 2.81 bits per heavy atom. The van der Waals surface area contributed by atoms with Gasteiger partial charge in [-0.15, -0.1) is 11.8 Å². The maximum absolute atomic E-state index is 12.3. The van der Waals surface area contributed by atoms with Crippen molar-refractivity contribution in [2.75, 3.05) is 17.2 Å². The lowest BCUT2D eigenvalue weighted by atomic mass is 10.1. The highest BCUT2D eigenvalue weighted by atomic mass is 35.5. The summed E-state index contributed by atoms with van der Waals surface area (Å²) in [5.41, 5.74) is 1.68. The van der Waals surface area contributed by atoms with Crippen LogP contribution in [-0.4, -0.2) is 24.1 Å². The van der Waals surface area contributed by atoms with Gasteiger partial charge in [-0.1, -0.05) is 41.4 Å². The molecule has 26 heavy (non-hydrogen) atoms. The summed E-state index contributed by atoms with van der Waals surface area (Å²) in [6, 6.07) is 12.7. The topological polar surface area (TPSA) is 49.4 Å². The van der Waals surface area contributed by atoms with E-state index in [1.54, 1.807) is 23.1 Å². The molecule has 0 aliphatic carbocycles. The van der Waals surface area contributed by atoms with Crippen molar-refractivity contribution in [2.24, 2.45) is 0 Å². The number of carbonyl (C=O) groups excluding carboxylic acids is 2. The molecule has 0 aromatic heterocycles. The number of hydrogen-bond donors (Lipinski definition) is 1. The Bertz CT molecular complexity index is 844. The number of para-hydroxylation sites is 1. The first-order valence-electron chi connectivity index (χ1n) is 8.22. The highest BCUT2D eigenvalue weighted by molar-refractivity contribution is 8.00. The molecule has 1 N–H and O–H groups in total. The molecule has 3 rings (SSSR count). The second-order valence-electron chi connectivity index (χ2n) is 6.01. The van der Waals surface area contributed by atoms with E-state index in [1.807, 2.05) is 31.2 Å². The van der Waals surface area contributed by atoms with Gasteiger partial charge in [0.1, 0.15) is 0 Å². The molecule has 0 bridgehead atoms. The number of benzene rings is 2. The number of nitrogens with one attached hydrogen (secondary N) is 1. The molecule has 1 heterocycles. The number of rotatable bonds is 5. The lowest BCUT2D eigenvalue weighted by molar-refractivity contribution is -0.121. The summed E-state index contributed by atoms with van der Waals surface area (Å²) in [5.74, 6) is 0.289. The standard InChI is InChI=1S/C19H18Cl2N2O2S/c1-12(14-7-6-13(20)10-15(14)21)22-18(24)8-9-23-16-4-2-3-5-17(16)26-11-19(23)25/h2-7,10,12H,8-9,11H2,1H3,(H,22,24)/t12-/m1/s1. The van der Waals surface area contributed by atoms with E-state index >= 15 is 0 Å². The Balaban J connectivity index is 1.61. The fraction of sp³-hybridized carbons (Fsp3) is 0.263. The van der Waals surface area contributed by atoms with Gasteiger partial charge in [-0.3, -0.25) is 9.59 Å². The molecule has 0 fully saturated rings. The average Bonchev–Trinajstić information content (AvgIpc) is 2.60. The SMILES string of the molecule is C[C@@H](NC(=O)CCN1C(=O)CSc2ccccc21)c1ccc(Cl)cc1Cl. The first-order chi connectivity index (χ1) is 12.5. The smallest absolute Gasteiger partial charge is 0.237 e. The third-order valence-electron chi connectivity index (χ3n) is 4.18. The van der Waals surface area contributed by atoms with E-state index < -0.39 is 0 Å². The van der Waals surface area contributed by atoms with E-state index in [2.05, 4.69) is 5.32 Å². The van der Waals surface area contributed by atoms with Crippen LogP contribution in [0.3, 0.4) is 0 Å². The highest BCUT2D eigenvalue weighted by Crippen LogP contribution is 2.35. The maximum atomic E-state index is 12.3. The summed E-state index contributed by atoms with van der Waals surface area (Å²) < 4.78 is 0. The van der Waals surface area contributed by atoms with Gasteiger partial charge in [-0.2, -0.15) is 0 Å². The first-order valence-corrected chi connectivity index (χ1v) is 9.96. The summed E-state index contributed by atoms with van der Waals surface area (Å²) in [7, 11) is 0. The van der Waals surface area contributed by atoms with E-state index in [1.165, 1.54) is 11.8 Å².